The van der Waals surface area contributed by atoms with E-state index in [0.717, 1.165) is 0 Å². The quantitative estimate of drug-likeness (QED) is 0.522. The zero-order valence-electron chi connectivity index (χ0n) is 2.17. The zero-order chi connectivity index (χ0) is 2.00. The Balaban J connectivity index is -0.00000000500. The van der Waals surface area contributed by atoms with Crippen LogP contribution in [-0.2, 0) is 54.2 Å². The van der Waals surface area contributed by atoms with E-state index >= 15 is 0 Å². The molecule has 0 aromatic carbocycles. The molecule has 0 aromatic heterocycles. The van der Waals surface area contributed by atoms with Gasteiger partial charge in [-0.05, 0) is 0 Å². The van der Waals surface area contributed by atoms with Crippen LogP contribution < -0.4 is 0 Å². The molecule has 0 atom stereocenters. The van der Waals surface area contributed by atoms with Crippen LogP contribution in [0.4, 0.5) is 0 Å². The molecule has 0 aromatic rings. The molecule has 0 bridgehead atoms. The van der Waals surface area contributed by atoms with Crippen molar-refractivity contribution in [3.05, 3.63) is 0 Å². The van der Waals surface area contributed by atoms with E-state index in [9.17, 15) is 0 Å². The van der Waals surface area contributed by atoms with Gasteiger partial charge in [0.15, 0.2) is 0 Å². The predicted octanol–water partition coefficient (Wildman–Crippen LogP) is 0.576. The zero-order valence-corrected chi connectivity index (χ0v) is 6.56. The average Bonchev–Trinajstić information content (AvgIpc) is 1.00. The van der Waals surface area contributed by atoms with Crippen molar-refractivity contribution in [3.8, 4) is 0 Å². The molecule has 0 aliphatic heterocycles. The van der Waals surface area contributed by atoms with E-state index in [4.69, 9.17) is 0 Å². The van der Waals surface area contributed by atoms with Gasteiger partial charge in [0.2, 0.25) is 0 Å². The molecule has 0 aliphatic rings. The Kier molecular flexibility index (Phi) is 94.0. The summed E-state index contributed by atoms with van der Waals surface area (Å²) >= 11 is 1.95. The van der Waals surface area contributed by atoms with Crippen LogP contribution in [0, 0.1) is 0 Å². The number of hydrogen-bond donors (Lipinski definition) is 0. The second-order valence-corrected chi connectivity index (χ2v) is 0. The summed E-state index contributed by atoms with van der Waals surface area (Å²) in [7, 11) is 0. The molecule has 0 radical (unpaired) electrons. The van der Waals surface area contributed by atoms with Crippen molar-refractivity contribution in [3.63, 3.8) is 0 Å². The van der Waals surface area contributed by atoms with Gasteiger partial charge in [-0.1, -0.05) is 0 Å². The molecule has 3 heteroatoms. The van der Waals surface area contributed by atoms with Gasteiger partial charge in [0, 0.05) is 34.4 Å². The fourth-order valence-electron chi connectivity index (χ4n) is 0. The summed E-state index contributed by atoms with van der Waals surface area (Å²) in [5.41, 5.74) is 0. The topological polar surface area (TPSA) is 0 Å². The minimum atomic E-state index is 0. The van der Waals surface area contributed by atoms with Crippen LogP contribution in [0.3, 0.4) is 0 Å². The standard InChI is InChI=1S/CH3.Cr.Fe.Mo/h1H3;;;. The van der Waals surface area contributed by atoms with Crippen molar-refractivity contribution >= 4 is 0 Å². The minimum absolute atomic E-state index is 0. The Morgan fingerprint density at radius 2 is 1.25 bits per heavy atom. The molecule has 0 N–H and O–H groups in total. The van der Waals surface area contributed by atoms with Crippen molar-refractivity contribution in [2.75, 3.05) is 0 Å². The van der Waals surface area contributed by atoms with E-state index in [1.165, 1.54) is 0 Å². The van der Waals surface area contributed by atoms with Crippen LogP contribution >= 0.6 is 0 Å². The van der Waals surface area contributed by atoms with Gasteiger partial charge in [0.25, 0.3) is 0 Å². The first kappa shape index (κ1) is 17.2. The van der Waals surface area contributed by atoms with Gasteiger partial charge in [-0.15, -0.1) is 0 Å². The normalized spacial score (nSPS) is 1.25. The Morgan fingerprint density at radius 1 is 1.25 bits per heavy atom. The maximum Gasteiger partial charge on any atom is 0 e. The van der Waals surface area contributed by atoms with Gasteiger partial charge in [-0.2, -0.15) is 0 Å². The molecule has 0 aliphatic carbocycles. The molecular weight excluding hydrogens is 216 g/mol. The maximum absolute atomic E-state index is 2.01. The van der Waals surface area contributed by atoms with Gasteiger partial charge in [0.1, 0.15) is 0 Å². The molecule has 0 saturated carbocycles. The van der Waals surface area contributed by atoms with Crippen molar-refractivity contribution in [2.45, 2.75) is 5.31 Å². The van der Waals surface area contributed by atoms with E-state index in [0.29, 0.717) is 0 Å². The summed E-state index contributed by atoms with van der Waals surface area (Å²) in [6, 6.07) is 0. The molecule has 0 saturated heterocycles. The molecule has 0 heterocycles. The molecule has 0 unspecified atom stereocenters. The monoisotopic (exact) mass is 221 g/mol. The van der Waals surface area contributed by atoms with E-state index in [1.807, 2.05) is 25.1 Å². The summed E-state index contributed by atoms with van der Waals surface area (Å²) in [5, 5.41) is 2.01. The molecule has 27 valence electrons. The second kappa shape index (κ2) is 21.9. The van der Waals surface area contributed by atoms with Gasteiger partial charge in [-0.25, -0.2) is 0 Å². The van der Waals surface area contributed by atoms with Crippen molar-refractivity contribution in [2.24, 2.45) is 0 Å². The Bertz CT molecular complexity index is 8.00. The summed E-state index contributed by atoms with van der Waals surface area (Å²) in [6.45, 7) is 0. The fraction of sp³-hybridized carbons (Fsp3) is 1.00. The summed E-state index contributed by atoms with van der Waals surface area (Å²) in [4.78, 5) is 0. The third-order valence-electron chi connectivity index (χ3n) is 0. The number of rotatable bonds is 0. The molecule has 0 nitrogen and oxygen atoms in total. The van der Waals surface area contributed by atoms with Gasteiger partial charge >= 0.3 is 25.1 Å². The Morgan fingerprint density at radius 3 is 1.25 bits per heavy atom. The summed E-state index contributed by atoms with van der Waals surface area (Å²) in [5.74, 6) is 0. The van der Waals surface area contributed by atoms with Gasteiger partial charge < -0.3 is 0 Å². The molecule has 0 fully saturated rings. The van der Waals surface area contributed by atoms with Crippen LogP contribution in [0.15, 0.2) is 0 Å². The van der Waals surface area contributed by atoms with Gasteiger partial charge in [0.05, 0.1) is 0 Å². The molecule has 0 rings (SSSR count). The third-order valence-corrected chi connectivity index (χ3v) is 0. The first-order chi connectivity index (χ1) is 1.00. The maximum atomic E-state index is 2.01. The SMILES string of the molecule is [CH3][Mo].[Cr].[Fe]. The number of hydrogen-bond acceptors (Lipinski definition) is 0. The van der Waals surface area contributed by atoms with Gasteiger partial charge in [-0.3, -0.25) is 0 Å². The van der Waals surface area contributed by atoms with Crippen LogP contribution in [-0.4, -0.2) is 0 Å². The molecule has 0 amide bonds. The van der Waals surface area contributed by atoms with Crippen LogP contribution in [0.1, 0.15) is 0 Å². The smallest absolute Gasteiger partial charge is 0 e. The first-order valence-corrected chi connectivity index (χ1v) is 2.42. The third kappa shape index (κ3) is 9.27. The molecular formula is CH3CrFeMo. The van der Waals surface area contributed by atoms with E-state index in [1.54, 1.807) is 0 Å². The van der Waals surface area contributed by atoms with Crippen molar-refractivity contribution < 1.29 is 54.2 Å². The van der Waals surface area contributed by atoms with E-state index < -0.39 is 0 Å². The van der Waals surface area contributed by atoms with Crippen LogP contribution in [0.2, 0.25) is 5.31 Å². The largest absolute Gasteiger partial charge is 0 e. The fourth-order valence-corrected chi connectivity index (χ4v) is 0. The van der Waals surface area contributed by atoms with Crippen LogP contribution in [0.5, 0.6) is 0 Å². The molecule has 0 spiro atoms. The predicted molar refractivity (Wildman–Crippen MR) is 5.86 cm³/mol. The average molecular weight is 219 g/mol. The summed E-state index contributed by atoms with van der Waals surface area (Å²) < 4.78 is 0. The molecule has 4 heavy (non-hydrogen) atoms. The Labute approximate surface area is 59.2 Å². The summed E-state index contributed by atoms with van der Waals surface area (Å²) in [6.07, 6.45) is 0. The second-order valence-electron chi connectivity index (χ2n) is 0. The van der Waals surface area contributed by atoms with E-state index in [-0.39, 0.29) is 34.4 Å². The van der Waals surface area contributed by atoms with Crippen molar-refractivity contribution in [1.82, 2.24) is 0 Å². The minimum Gasteiger partial charge on any atom is 0 e. The Hall–Kier alpha value is 1.74. The van der Waals surface area contributed by atoms with E-state index in [2.05, 4.69) is 0 Å². The van der Waals surface area contributed by atoms with Crippen LogP contribution in [0.25, 0.3) is 0 Å². The first-order valence-electron chi connectivity index (χ1n) is 0.408. The van der Waals surface area contributed by atoms with Crippen molar-refractivity contribution in [1.29, 1.82) is 0 Å².